The molecule has 1 N–H and O–H groups in total. The molecule has 232 valence electrons. The van der Waals surface area contributed by atoms with Gasteiger partial charge < -0.3 is 33.5 Å². The van der Waals surface area contributed by atoms with E-state index in [1.807, 2.05) is 42.5 Å². The summed E-state index contributed by atoms with van der Waals surface area (Å²) >= 11 is 0. The minimum Gasteiger partial charge on any atom is -0.493 e. The van der Waals surface area contributed by atoms with Crippen LogP contribution in [0.15, 0.2) is 59.1 Å². The molecule has 1 unspecified atom stereocenters. The predicted molar refractivity (Wildman–Crippen MR) is 164 cm³/mol. The number of hydrogen-bond acceptors (Lipinski definition) is 10. The molecule has 0 bridgehead atoms. The van der Waals surface area contributed by atoms with Crippen molar-refractivity contribution in [3.05, 3.63) is 60.3 Å². The number of pyridine rings is 1. The number of hydrogen-bond donors (Lipinski definition) is 1. The first-order valence-corrected chi connectivity index (χ1v) is 14.4. The van der Waals surface area contributed by atoms with Crippen LogP contribution >= 0.6 is 0 Å². The van der Waals surface area contributed by atoms with Gasteiger partial charge in [0, 0.05) is 42.0 Å². The van der Waals surface area contributed by atoms with E-state index in [0.29, 0.717) is 52.8 Å². The van der Waals surface area contributed by atoms with Crippen LogP contribution in [0.2, 0.25) is 0 Å². The maximum absolute atomic E-state index is 13.2. The minimum atomic E-state index is -0.751. The van der Waals surface area contributed by atoms with Gasteiger partial charge in [-0.3, -0.25) is 9.78 Å². The molecule has 4 aromatic rings. The molecule has 0 saturated carbocycles. The molecule has 1 saturated heterocycles. The number of aromatic nitrogens is 1. The Morgan fingerprint density at radius 2 is 1.75 bits per heavy atom. The van der Waals surface area contributed by atoms with Crippen LogP contribution < -0.4 is 19.5 Å². The number of nitrogens with zero attached hydrogens (tertiary/aromatic N) is 2. The van der Waals surface area contributed by atoms with Crippen LogP contribution in [0.4, 0.5) is 4.79 Å². The summed E-state index contributed by atoms with van der Waals surface area (Å²) in [5, 5.41) is 4.57. The highest BCUT2D eigenvalue weighted by atomic mass is 16.8. The van der Waals surface area contributed by atoms with Gasteiger partial charge in [0.1, 0.15) is 16.9 Å². The number of rotatable bonds is 9. The molecule has 0 spiro atoms. The summed E-state index contributed by atoms with van der Waals surface area (Å²) in [6.07, 6.45) is 2.58. The highest BCUT2D eigenvalue weighted by molar-refractivity contribution is 5.98. The van der Waals surface area contributed by atoms with Gasteiger partial charge in [-0.15, -0.1) is 5.06 Å². The first kappa shape index (κ1) is 30.7. The highest BCUT2D eigenvalue weighted by Crippen LogP contribution is 2.43. The molecule has 44 heavy (non-hydrogen) atoms. The van der Waals surface area contributed by atoms with E-state index < -0.39 is 11.8 Å². The lowest BCUT2D eigenvalue weighted by molar-refractivity contribution is -0.149. The van der Waals surface area contributed by atoms with Crippen molar-refractivity contribution in [3.63, 3.8) is 0 Å². The fourth-order valence-corrected chi connectivity index (χ4v) is 5.17. The molecule has 1 atom stereocenters. The number of nitrogens with one attached hydrogen (secondary N) is 1. The standard InChI is InChI=1S/C33H37N3O8/c1-33(2,3)43-32(38)44-36-14-8-11-23(36)19-35-31(37)21-10-7-9-20(15-21)24-12-13-34-25-18-26(42-29(24)25)22-16-27(39-4)30(41-6)28(17-22)40-5/h7,9-10,12-13,15-18,23H,8,11,14,19H2,1-6H3,(H,35,37). The van der Waals surface area contributed by atoms with Gasteiger partial charge in [-0.05, 0) is 69.5 Å². The van der Waals surface area contributed by atoms with E-state index in [4.69, 9.17) is 28.2 Å². The smallest absolute Gasteiger partial charge is 0.493 e. The Labute approximate surface area is 255 Å². The average Bonchev–Trinajstić information content (AvgIpc) is 3.64. The van der Waals surface area contributed by atoms with Crippen LogP contribution in [0, 0.1) is 0 Å². The molecule has 11 nitrogen and oxygen atoms in total. The topological polar surface area (TPSA) is 122 Å². The highest BCUT2D eigenvalue weighted by Gasteiger charge is 2.30. The number of carbonyl (C=O) groups excluding carboxylic acids is 2. The second kappa shape index (κ2) is 12.8. The van der Waals surface area contributed by atoms with Gasteiger partial charge in [0.25, 0.3) is 5.91 Å². The SMILES string of the molecule is COc1cc(-c2cc3nccc(-c4cccc(C(=O)NCC5CCCN5OC(=O)OC(C)(C)C)c4)c3o2)cc(OC)c1OC. The number of benzene rings is 2. The summed E-state index contributed by atoms with van der Waals surface area (Å²) in [7, 11) is 4.67. The zero-order chi connectivity index (χ0) is 31.4. The van der Waals surface area contributed by atoms with Crippen molar-refractivity contribution in [1.29, 1.82) is 0 Å². The molecule has 2 aromatic carbocycles. The quantitative estimate of drug-likeness (QED) is 0.220. The van der Waals surface area contributed by atoms with Gasteiger partial charge in [0.05, 0.1) is 27.4 Å². The monoisotopic (exact) mass is 603 g/mol. The number of ether oxygens (including phenoxy) is 4. The summed E-state index contributed by atoms with van der Waals surface area (Å²) in [6, 6.07) is 14.5. The van der Waals surface area contributed by atoms with Gasteiger partial charge in [0.15, 0.2) is 17.1 Å². The maximum Gasteiger partial charge on any atom is 0.528 e. The van der Waals surface area contributed by atoms with E-state index in [0.717, 1.165) is 29.5 Å². The number of fused-ring (bicyclic) bond motifs is 1. The number of carbonyl (C=O) groups is 2. The number of hydroxylamine groups is 2. The Morgan fingerprint density at radius 3 is 2.43 bits per heavy atom. The van der Waals surface area contributed by atoms with Crippen molar-refractivity contribution in [1.82, 2.24) is 15.4 Å². The molecule has 1 aliphatic heterocycles. The van der Waals surface area contributed by atoms with E-state index >= 15 is 0 Å². The maximum atomic E-state index is 13.2. The van der Waals surface area contributed by atoms with Crippen molar-refractivity contribution < 1.29 is 37.8 Å². The first-order chi connectivity index (χ1) is 21.1. The van der Waals surface area contributed by atoms with Crippen LogP contribution in [-0.4, -0.2) is 68.2 Å². The van der Waals surface area contributed by atoms with Gasteiger partial charge in [0.2, 0.25) is 5.75 Å². The van der Waals surface area contributed by atoms with Crippen LogP contribution in [0.1, 0.15) is 44.0 Å². The summed E-state index contributed by atoms with van der Waals surface area (Å²) in [5.74, 6) is 1.83. The lowest BCUT2D eigenvalue weighted by Crippen LogP contribution is -2.42. The predicted octanol–water partition coefficient (Wildman–Crippen LogP) is 6.25. The summed E-state index contributed by atoms with van der Waals surface area (Å²) in [6.45, 7) is 6.24. The van der Waals surface area contributed by atoms with E-state index in [1.165, 1.54) is 0 Å². The fourth-order valence-electron chi connectivity index (χ4n) is 5.17. The third kappa shape index (κ3) is 6.73. The Kier molecular flexibility index (Phi) is 8.96. The number of methoxy groups -OCH3 is 3. The summed E-state index contributed by atoms with van der Waals surface area (Å²) < 4.78 is 28.1. The average molecular weight is 604 g/mol. The molecule has 1 fully saturated rings. The van der Waals surface area contributed by atoms with Crippen LogP contribution in [-0.2, 0) is 9.57 Å². The molecule has 0 aliphatic carbocycles. The Hall–Kier alpha value is -4.77. The molecule has 2 aromatic heterocycles. The van der Waals surface area contributed by atoms with Crippen molar-refractivity contribution in [2.45, 2.75) is 45.3 Å². The van der Waals surface area contributed by atoms with Crippen molar-refractivity contribution in [2.75, 3.05) is 34.4 Å². The van der Waals surface area contributed by atoms with E-state index in [2.05, 4.69) is 10.3 Å². The second-order valence-electron chi connectivity index (χ2n) is 11.4. The molecular formula is C33H37N3O8. The first-order valence-electron chi connectivity index (χ1n) is 14.4. The van der Waals surface area contributed by atoms with Crippen molar-refractivity contribution in [3.8, 4) is 39.7 Å². The second-order valence-corrected chi connectivity index (χ2v) is 11.4. The Balaban J connectivity index is 1.34. The molecule has 1 amide bonds. The molecule has 5 rings (SSSR count). The number of amides is 1. The zero-order valence-corrected chi connectivity index (χ0v) is 25.8. The van der Waals surface area contributed by atoms with Crippen LogP contribution in [0.25, 0.3) is 33.6 Å². The third-order valence-electron chi connectivity index (χ3n) is 7.20. The number of furan rings is 1. The minimum absolute atomic E-state index is 0.147. The third-order valence-corrected chi connectivity index (χ3v) is 7.20. The van der Waals surface area contributed by atoms with E-state index in [9.17, 15) is 9.59 Å². The van der Waals surface area contributed by atoms with Crippen LogP contribution in [0.5, 0.6) is 17.2 Å². The normalized spacial score (nSPS) is 15.2. The fraction of sp³-hybridized carbons (Fsp3) is 0.364. The molecule has 1 aliphatic rings. The van der Waals surface area contributed by atoms with Crippen molar-refractivity contribution >= 4 is 23.2 Å². The lowest BCUT2D eigenvalue weighted by Gasteiger charge is -2.25. The lowest BCUT2D eigenvalue weighted by atomic mass is 10.0. The van der Waals surface area contributed by atoms with E-state index in [1.54, 1.807) is 59.4 Å². The zero-order valence-electron chi connectivity index (χ0n) is 25.8. The van der Waals surface area contributed by atoms with Gasteiger partial charge in [-0.1, -0.05) is 12.1 Å². The molecule has 0 radical (unpaired) electrons. The van der Waals surface area contributed by atoms with Crippen molar-refractivity contribution in [2.24, 2.45) is 0 Å². The van der Waals surface area contributed by atoms with Crippen LogP contribution in [0.3, 0.4) is 0 Å². The molecule has 11 heteroatoms. The molecular weight excluding hydrogens is 566 g/mol. The largest absolute Gasteiger partial charge is 0.528 e. The summed E-state index contributed by atoms with van der Waals surface area (Å²) in [4.78, 5) is 35.3. The Bertz CT molecular complexity index is 1630. The summed E-state index contributed by atoms with van der Waals surface area (Å²) in [5.41, 5.74) is 3.39. The van der Waals surface area contributed by atoms with E-state index in [-0.39, 0.29) is 11.9 Å². The van der Waals surface area contributed by atoms with Gasteiger partial charge in [-0.2, -0.15) is 0 Å². The van der Waals surface area contributed by atoms with Gasteiger partial charge >= 0.3 is 6.16 Å². The van der Waals surface area contributed by atoms with Gasteiger partial charge in [-0.25, -0.2) is 4.79 Å². The molecule has 3 heterocycles. The Morgan fingerprint density at radius 1 is 1.00 bits per heavy atom.